The molecular weight excluding hydrogens is 308 g/mol. The van der Waals surface area contributed by atoms with Crippen LogP contribution in [0.2, 0.25) is 0 Å². The molecule has 1 N–H and O–H groups in total. The van der Waals surface area contributed by atoms with E-state index in [1.165, 1.54) is 0 Å². The molecule has 0 saturated heterocycles. The van der Waals surface area contributed by atoms with Crippen molar-refractivity contribution < 1.29 is 13.5 Å². The summed E-state index contributed by atoms with van der Waals surface area (Å²) in [6.07, 6.45) is -0.0655. The third-order valence-electron chi connectivity index (χ3n) is 2.51. The van der Waals surface area contributed by atoms with Crippen LogP contribution in [0, 0.1) is 0 Å². The Bertz CT molecular complexity index is 341. The van der Waals surface area contributed by atoms with E-state index in [1.54, 1.807) is 10.9 Å². The summed E-state index contributed by atoms with van der Waals surface area (Å²) in [5.74, 6) is 0. The highest BCUT2D eigenvalue weighted by atomic mass is 79.9. The first-order chi connectivity index (χ1) is 8.56. The van der Waals surface area contributed by atoms with E-state index in [0.717, 1.165) is 16.7 Å². The van der Waals surface area contributed by atoms with Crippen molar-refractivity contribution in [3.8, 4) is 0 Å². The number of ether oxygens (including phenoxy) is 1. The van der Waals surface area contributed by atoms with Crippen molar-refractivity contribution in [1.82, 2.24) is 15.1 Å². The number of hydrogen-bond acceptors (Lipinski definition) is 3. The summed E-state index contributed by atoms with van der Waals surface area (Å²) < 4.78 is 31.5. The Balaban J connectivity index is 2.55. The molecule has 104 valence electrons. The maximum Gasteiger partial charge on any atom is 0.261 e. The summed E-state index contributed by atoms with van der Waals surface area (Å²) in [5, 5.41) is 7.44. The largest absolute Gasteiger partial charge is 0.375 e. The Morgan fingerprint density at radius 2 is 2.28 bits per heavy atom. The van der Waals surface area contributed by atoms with Gasteiger partial charge in [-0.2, -0.15) is 5.10 Å². The van der Waals surface area contributed by atoms with E-state index < -0.39 is 13.0 Å². The van der Waals surface area contributed by atoms with Gasteiger partial charge in [-0.3, -0.25) is 4.68 Å². The average Bonchev–Trinajstić information content (AvgIpc) is 2.63. The van der Waals surface area contributed by atoms with E-state index in [1.807, 2.05) is 14.0 Å². The van der Waals surface area contributed by atoms with Crippen molar-refractivity contribution in [3.05, 3.63) is 16.4 Å². The molecule has 0 amide bonds. The summed E-state index contributed by atoms with van der Waals surface area (Å²) in [5.41, 5.74) is 0.998. The van der Waals surface area contributed by atoms with Crippen molar-refractivity contribution in [2.24, 2.45) is 7.05 Å². The second kappa shape index (κ2) is 7.81. The van der Waals surface area contributed by atoms with Crippen LogP contribution in [0.25, 0.3) is 0 Å². The van der Waals surface area contributed by atoms with Crippen LogP contribution in [0.4, 0.5) is 8.78 Å². The first-order valence-electron chi connectivity index (χ1n) is 5.82. The number of halogens is 3. The first-order valence-corrected chi connectivity index (χ1v) is 6.62. The van der Waals surface area contributed by atoms with Crippen molar-refractivity contribution in [1.29, 1.82) is 0 Å². The van der Waals surface area contributed by atoms with Crippen LogP contribution >= 0.6 is 15.9 Å². The van der Waals surface area contributed by atoms with Gasteiger partial charge in [-0.05, 0) is 28.9 Å². The Morgan fingerprint density at radius 1 is 1.56 bits per heavy atom. The number of nitrogens with zero attached hydrogens (tertiary/aromatic N) is 2. The third kappa shape index (κ3) is 4.62. The second-order valence-corrected chi connectivity index (χ2v) is 4.72. The zero-order chi connectivity index (χ0) is 13.5. The average molecular weight is 326 g/mol. The van der Waals surface area contributed by atoms with Gasteiger partial charge in [-0.15, -0.1) is 0 Å². The quantitative estimate of drug-likeness (QED) is 0.746. The smallest absolute Gasteiger partial charge is 0.261 e. The van der Waals surface area contributed by atoms with Gasteiger partial charge in [-0.25, -0.2) is 8.78 Å². The molecule has 0 fully saturated rings. The van der Waals surface area contributed by atoms with Crippen molar-refractivity contribution >= 4 is 15.9 Å². The molecule has 1 rings (SSSR count). The van der Waals surface area contributed by atoms with Crippen LogP contribution in [0.3, 0.4) is 0 Å². The topological polar surface area (TPSA) is 39.1 Å². The fraction of sp³-hybridized carbons (Fsp3) is 0.727. The molecule has 1 aromatic heterocycles. The lowest BCUT2D eigenvalue weighted by Crippen LogP contribution is -2.25. The van der Waals surface area contributed by atoms with Crippen LogP contribution in [0.15, 0.2) is 10.7 Å². The van der Waals surface area contributed by atoms with Gasteiger partial charge in [0.2, 0.25) is 0 Å². The molecule has 1 unspecified atom stereocenters. The van der Waals surface area contributed by atoms with E-state index in [0.29, 0.717) is 13.0 Å². The summed E-state index contributed by atoms with van der Waals surface area (Å²) in [6.45, 7) is 2.57. The third-order valence-corrected chi connectivity index (χ3v) is 3.12. The van der Waals surface area contributed by atoms with Crippen molar-refractivity contribution in [2.45, 2.75) is 25.8 Å². The Labute approximate surface area is 114 Å². The lowest BCUT2D eigenvalue weighted by molar-refractivity contribution is 0.0142. The molecule has 1 heterocycles. The van der Waals surface area contributed by atoms with Crippen LogP contribution in [-0.2, 0) is 11.8 Å². The van der Waals surface area contributed by atoms with Gasteiger partial charge in [-0.1, -0.05) is 6.92 Å². The normalized spacial score (nSPS) is 13.2. The molecule has 0 aliphatic heterocycles. The van der Waals surface area contributed by atoms with Crippen LogP contribution < -0.4 is 5.32 Å². The highest BCUT2D eigenvalue weighted by Crippen LogP contribution is 2.24. The minimum atomic E-state index is -2.41. The molecule has 0 radical (unpaired) electrons. The number of rotatable bonds is 8. The zero-order valence-corrected chi connectivity index (χ0v) is 12.1. The number of nitrogens with one attached hydrogen (secondary N) is 1. The molecule has 0 aromatic carbocycles. The van der Waals surface area contributed by atoms with Gasteiger partial charge in [0.25, 0.3) is 6.43 Å². The van der Waals surface area contributed by atoms with Crippen molar-refractivity contribution in [3.63, 3.8) is 0 Å². The van der Waals surface area contributed by atoms with Gasteiger partial charge in [0.1, 0.15) is 6.61 Å². The lowest BCUT2D eigenvalue weighted by Gasteiger charge is -2.19. The zero-order valence-electron chi connectivity index (χ0n) is 10.5. The molecule has 4 nitrogen and oxygen atoms in total. The standard InChI is InChI=1S/C11H18BrF2N3O/c1-3-15-9(4-5-18-7-10(13)14)11-8(12)6-16-17(11)2/h6,9-10,15H,3-5,7H2,1-2H3. The Morgan fingerprint density at radius 3 is 2.78 bits per heavy atom. The highest BCUT2D eigenvalue weighted by molar-refractivity contribution is 9.10. The fourth-order valence-corrected chi connectivity index (χ4v) is 2.39. The maximum atomic E-state index is 11.9. The minimum Gasteiger partial charge on any atom is -0.375 e. The maximum absolute atomic E-state index is 11.9. The van der Waals surface area contributed by atoms with Gasteiger partial charge in [0.15, 0.2) is 0 Å². The van der Waals surface area contributed by atoms with Crippen LogP contribution in [0.5, 0.6) is 0 Å². The molecule has 7 heteroatoms. The number of aryl methyl sites for hydroxylation is 1. The van der Waals surface area contributed by atoms with E-state index in [-0.39, 0.29) is 6.04 Å². The summed E-state index contributed by atoms with van der Waals surface area (Å²) in [7, 11) is 1.85. The highest BCUT2D eigenvalue weighted by Gasteiger charge is 2.18. The van der Waals surface area contributed by atoms with E-state index in [2.05, 4.69) is 26.3 Å². The predicted molar refractivity (Wildman–Crippen MR) is 68.8 cm³/mol. The molecule has 1 aromatic rings. The molecule has 0 aliphatic rings. The summed E-state index contributed by atoms with van der Waals surface area (Å²) in [4.78, 5) is 0. The number of alkyl halides is 2. The molecule has 1 atom stereocenters. The Kier molecular flexibility index (Phi) is 6.73. The summed E-state index contributed by atoms with van der Waals surface area (Å²) in [6, 6.07) is 0.0366. The predicted octanol–water partition coefficient (Wildman–Crippen LogP) is 2.51. The molecule has 0 aliphatic carbocycles. The monoisotopic (exact) mass is 325 g/mol. The van der Waals surface area contributed by atoms with Crippen LogP contribution in [-0.4, -0.2) is 36.0 Å². The Hall–Kier alpha value is -0.530. The number of aromatic nitrogens is 2. The molecule has 0 bridgehead atoms. The summed E-state index contributed by atoms with van der Waals surface area (Å²) >= 11 is 3.44. The van der Waals surface area contributed by atoms with Gasteiger partial charge in [0, 0.05) is 13.7 Å². The van der Waals surface area contributed by atoms with Crippen LogP contribution in [0.1, 0.15) is 25.1 Å². The molecule has 0 saturated carbocycles. The van der Waals surface area contributed by atoms with Crippen molar-refractivity contribution in [2.75, 3.05) is 19.8 Å². The molecular formula is C11H18BrF2N3O. The lowest BCUT2D eigenvalue weighted by atomic mass is 10.1. The fourth-order valence-electron chi connectivity index (χ4n) is 1.77. The second-order valence-electron chi connectivity index (χ2n) is 3.87. The number of hydrogen-bond donors (Lipinski definition) is 1. The molecule has 0 spiro atoms. The van der Waals surface area contributed by atoms with E-state index in [4.69, 9.17) is 4.74 Å². The molecule has 18 heavy (non-hydrogen) atoms. The van der Waals surface area contributed by atoms with Gasteiger partial charge in [0.05, 0.1) is 22.4 Å². The first kappa shape index (κ1) is 15.5. The SMILES string of the molecule is CCNC(CCOCC(F)F)c1c(Br)cnn1C. The van der Waals surface area contributed by atoms with Gasteiger partial charge < -0.3 is 10.1 Å². The van der Waals surface area contributed by atoms with E-state index >= 15 is 0 Å². The minimum absolute atomic E-state index is 0.0366. The van der Waals surface area contributed by atoms with Gasteiger partial charge >= 0.3 is 0 Å². The van der Waals surface area contributed by atoms with E-state index in [9.17, 15) is 8.78 Å².